The molecule has 3 aromatic carbocycles. The van der Waals surface area contributed by atoms with Crippen LogP contribution in [0.5, 0.6) is 5.75 Å². The van der Waals surface area contributed by atoms with Crippen molar-refractivity contribution in [3.63, 3.8) is 0 Å². The standard InChI is InChI=1S/C31H23BrO/c1-2-8-23(12-6-11-22-9-4-3-5-10-22)24-15-17-25(18-16-24)26-19-20-29-27(21-26)31-28(32)13-7-14-30(31)33-29/h1,3-10,12-13,15-21,30H,11,14H2/b12-6-,23-8+. The van der Waals surface area contributed by atoms with E-state index in [1.54, 1.807) is 0 Å². The van der Waals surface area contributed by atoms with E-state index >= 15 is 0 Å². The van der Waals surface area contributed by atoms with Crippen LogP contribution in [-0.4, -0.2) is 6.10 Å². The van der Waals surface area contributed by atoms with Gasteiger partial charge >= 0.3 is 0 Å². The number of halogens is 1. The summed E-state index contributed by atoms with van der Waals surface area (Å²) < 4.78 is 7.25. The Bertz CT molecular complexity index is 1330. The van der Waals surface area contributed by atoms with Gasteiger partial charge in [0.25, 0.3) is 0 Å². The van der Waals surface area contributed by atoms with Gasteiger partial charge in [-0.2, -0.15) is 0 Å². The van der Waals surface area contributed by atoms with E-state index in [-0.39, 0.29) is 6.10 Å². The molecule has 3 aromatic rings. The first-order chi connectivity index (χ1) is 16.2. The molecule has 1 nitrogen and oxygen atoms in total. The lowest BCUT2D eigenvalue weighted by Gasteiger charge is -2.14. The fraction of sp³-hybridized carbons (Fsp3) is 0.0968. The topological polar surface area (TPSA) is 9.23 Å². The molecule has 1 heterocycles. The molecule has 0 radical (unpaired) electrons. The van der Waals surface area contributed by atoms with Gasteiger partial charge in [-0.1, -0.05) is 107 Å². The Labute approximate surface area is 204 Å². The minimum Gasteiger partial charge on any atom is -0.485 e. The van der Waals surface area contributed by atoms with Crippen molar-refractivity contribution in [1.82, 2.24) is 0 Å². The van der Waals surface area contributed by atoms with Crippen molar-refractivity contribution in [2.24, 2.45) is 0 Å². The van der Waals surface area contributed by atoms with Crippen molar-refractivity contribution in [1.29, 1.82) is 0 Å². The van der Waals surface area contributed by atoms with Gasteiger partial charge in [0.15, 0.2) is 0 Å². The molecule has 0 amide bonds. The molecule has 0 N–H and O–H groups in total. The van der Waals surface area contributed by atoms with Gasteiger partial charge in [-0.15, -0.1) is 6.42 Å². The normalized spacial score (nSPS) is 17.0. The Morgan fingerprint density at radius 2 is 1.82 bits per heavy atom. The monoisotopic (exact) mass is 490 g/mol. The van der Waals surface area contributed by atoms with Crippen LogP contribution in [0.3, 0.4) is 0 Å². The highest BCUT2D eigenvalue weighted by molar-refractivity contribution is 9.12. The van der Waals surface area contributed by atoms with E-state index in [1.165, 1.54) is 27.8 Å². The van der Waals surface area contributed by atoms with Crippen LogP contribution in [0.1, 0.15) is 23.1 Å². The first-order valence-corrected chi connectivity index (χ1v) is 11.9. The third-order valence-electron chi connectivity index (χ3n) is 6.02. The number of rotatable bonds is 5. The largest absolute Gasteiger partial charge is 0.485 e. The SMILES string of the molecule is C#C/C=C(\C=C/Cc1ccccc1)c1ccc(-c2ccc3c(c2)C2=C(Br)C=CCC2O3)cc1. The highest BCUT2D eigenvalue weighted by Crippen LogP contribution is 2.45. The third kappa shape index (κ3) is 4.51. The highest BCUT2D eigenvalue weighted by atomic mass is 79.9. The molecule has 160 valence electrons. The number of fused-ring (bicyclic) bond motifs is 3. The molecule has 5 rings (SSSR count). The molecule has 0 bridgehead atoms. The third-order valence-corrected chi connectivity index (χ3v) is 6.71. The number of hydrogen-bond donors (Lipinski definition) is 0. The summed E-state index contributed by atoms with van der Waals surface area (Å²) in [6, 6.07) is 25.4. The molecular weight excluding hydrogens is 468 g/mol. The van der Waals surface area contributed by atoms with Crippen LogP contribution in [0.4, 0.5) is 0 Å². The van der Waals surface area contributed by atoms with E-state index < -0.39 is 0 Å². The van der Waals surface area contributed by atoms with Gasteiger partial charge in [-0.05, 0) is 52.5 Å². The molecule has 1 unspecified atom stereocenters. The molecule has 33 heavy (non-hydrogen) atoms. The Morgan fingerprint density at radius 1 is 1.03 bits per heavy atom. The van der Waals surface area contributed by atoms with Crippen molar-refractivity contribution >= 4 is 27.1 Å². The summed E-state index contributed by atoms with van der Waals surface area (Å²) in [4.78, 5) is 0. The van der Waals surface area contributed by atoms with Crippen molar-refractivity contribution in [3.8, 4) is 29.2 Å². The zero-order chi connectivity index (χ0) is 22.6. The van der Waals surface area contributed by atoms with E-state index in [1.807, 2.05) is 12.1 Å². The Balaban J connectivity index is 1.38. The Hall–Kier alpha value is -3.54. The van der Waals surface area contributed by atoms with Crippen LogP contribution in [0, 0.1) is 12.3 Å². The van der Waals surface area contributed by atoms with Crippen LogP contribution in [-0.2, 0) is 6.42 Å². The first kappa shape index (κ1) is 21.3. The number of benzene rings is 3. The van der Waals surface area contributed by atoms with Crippen molar-refractivity contribution in [2.75, 3.05) is 0 Å². The van der Waals surface area contributed by atoms with Gasteiger partial charge < -0.3 is 4.74 Å². The van der Waals surface area contributed by atoms with Crippen LogP contribution in [0.2, 0.25) is 0 Å². The molecule has 1 aliphatic carbocycles. The van der Waals surface area contributed by atoms with Gasteiger partial charge in [-0.3, -0.25) is 0 Å². The summed E-state index contributed by atoms with van der Waals surface area (Å²) in [6.45, 7) is 0. The molecule has 1 aliphatic heterocycles. The van der Waals surface area contributed by atoms with Crippen molar-refractivity contribution in [3.05, 3.63) is 124 Å². The summed E-state index contributed by atoms with van der Waals surface area (Å²) in [6.07, 6.45) is 17.9. The molecule has 0 spiro atoms. The summed E-state index contributed by atoms with van der Waals surface area (Å²) in [5.41, 5.74) is 8.18. The van der Waals surface area contributed by atoms with Gasteiger partial charge in [-0.25, -0.2) is 0 Å². The van der Waals surface area contributed by atoms with Crippen molar-refractivity contribution < 1.29 is 4.74 Å². The van der Waals surface area contributed by atoms with Gasteiger partial charge in [0.2, 0.25) is 0 Å². The average molecular weight is 491 g/mol. The molecule has 2 heteroatoms. The van der Waals surface area contributed by atoms with E-state index in [9.17, 15) is 0 Å². The maximum Gasteiger partial charge on any atom is 0.129 e. The summed E-state index contributed by atoms with van der Waals surface area (Å²) >= 11 is 3.71. The number of allylic oxidation sites excluding steroid dienone is 6. The number of terminal acetylenes is 1. The predicted molar refractivity (Wildman–Crippen MR) is 142 cm³/mol. The van der Waals surface area contributed by atoms with Crippen LogP contribution in [0.25, 0.3) is 22.3 Å². The minimum absolute atomic E-state index is 0.108. The smallest absolute Gasteiger partial charge is 0.129 e. The molecule has 0 fully saturated rings. The summed E-state index contributed by atoms with van der Waals surface area (Å²) in [7, 11) is 0. The van der Waals surface area contributed by atoms with E-state index in [0.29, 0.717) is 0 Å². The zero-order valence-corrected chi connectivity index (χ0v) is 19.8. The Morgan fingerprint density at radius 3 is 2.61 bits per heavy atom. The molecule has 2 aliphatic rings. The second-order valence-electron chi connectivity index (χ2n) is 8.15. The fourth-order valence-electron chi connectivity index (χ4n) is 4.35. The lowest BCUT2D eigenvalue weighted by molar-refractivity contribution is 0.279. The average Bonchev–Trinajstić information content (AvgIpc) is 3.23. The van der Waals surface area contributed by atoms with Crippen LogP contribution in [0.15, 0.2) is 108 Å². The summed E-state index contributed by atoms with van der Waals surface area (Å²) in [5.74, 6) is 3.64. The van der Waals surface area contributed by atoms with E-state index in [2.05, 4.69) is 113 Å². The molecule has 1 atom stereocenters. The molecular formula is C31H23BrO. The van der Waals surface area contributed by atoms with Crippen molar-refractivity contribution in [2.45, 2.75) is 18.9 Å². The molecule has 0 saturated carbocycles. The summed E-state index contributed by atoms with van der Waals surface area (Å²) in [5, 5.41) is 0. The Kier molecular flexibility index (Phi) is 6.15. The minimum atomic E-state index is 0.108. The highest BCUT2D eigenvalue weighted by Gasteiger charge is 2.31. The maximum absolute atomic E-state index is 6.15. The number of ether oxygens (including phenoxy) is 1. The van der Waals surface area contributed by atoms with Gasteiger partial charge in [0, 0.05) is 22.0 Å². The maximum atomic E-state index is 6.15. The first-order valence-electron chi connectivity index (χ1n) is 11.1. The van der Waals surface area contributed by atoms with Crippen LogP contribution < -0.4 is 4.74 Å². The predicted octanol–water partition coefficient (Wildman–Crippen LogP) is 8.00. The lowest BCUT2D eigenvalue weighted by Crippen LogP contribution is -2.13. The lowest BCUT2D eigenvalue weighted by atomic mass is 9.93. The quantitative estimate of drug-likeness (QED) is 0.260. The van der Waals surface area contributed by atoms with Gasteiger partial charge in [0.05, 0.1) is 0 Å². The molecule has 0 aromatic heterocycles. The van der Waals surface area contributed by atoms with Crippen LogP contribution >= 0.6 is 15.9 Å². The number of hydrogen-bond acceptors (Lipinski definition) is 1. The van der Waals surface area contributed by atoms with E-state index in [4.69, 9.17) is 11.2 Å². The second kappa shape index (κ2) is 9.53. The van der Waals surface area contributed by atoms with Gasteiger partial charge in [0.1, 0.15) is 11.9 Å². The molecule has 0 saturated heterocycles. The zero-order valence-electron chi connectivity index (χ0n) is 18.2. The fourth-order valence-corrected chi connectivity index (χ4v) is 5.01. The van der Waals surface area contributed by atoms with E-state index in [0.717, 1.165) is 34.2 Å². The second-order valence-corrected chi connectivity index (χ2v) is 9.01.